The second-order valence-electron chi connectivity index (χ2n) is 4.23. The highest BCUT2D eigenvalue weighted by Crippen LogP contribution is 2.09. The molecule has 0 fully saturated rings. The Balaban J connectivity index is 3.27. The maximum absolute atomic E-state index is 5.78. The number of hydrogen-bond donors (Lipinski definition) is 0. The molecule has 13 heavy (non-hydrogen) atoms. The molecule has 0 saturated heterocycles. The molecule has 0 aliphatic carbocycles. The largest absolute Gasteiger partial charge is 0.378 e. The molecule has 80 valence electrons. The van der Waals surface area contributed by atoms with Crippen molar-refractivity contribution in [2.24, 2.45) is 5.92 Å². The molecule has 1 nitrogen and oxygen atoms in total. The fourth-order valence-electron chi connectivity index (χ4n) is 1.47. The maximum Gasteiger partial charge on any atom is 0.0572 e. The van der Waals surface area contributed by atoms with E-state index in [1.54, 1.807) is 0 Å². The molecule has 0 bridgehead atoms. The van der Waals surface area contributed by atoms with E-state index in [-0.39, 0.29) is 0 Å². The first-order valence-electron chi connectivity index (χ1n) is 5.82. The summed E-state index contributed by atoms with van der Waals surface area (Å²) in [7, 11) is 0. The third kappa shape index (κ3) is 8.29. The first-order valence-corrected chi connectivity index (χ1v) is 5.82. The van der Waals surface area contributed by atoms with Crippen LogP contribution in [0.2, 0.25) is 0 Å². The van der Waals surface area contributed by atoms with Crippen LogP contribution in [-0.4, -0.2) is 12.7 Å². The van der Waals surface area contributed by atoms with Crippen molar-refractivity contribution in [3.63, 3.8) is 0 Å². The molecule has 1 unspecified atom stereocenters. The first kappa shape index (κ1) is 13.0. The molecule has 1 atom stereocenters. The molecule has 0 aliphatic rings. The molecule has 0 aromatic heterocycles. The van der Waals surface area contributed by atoms with Crippen LogP contribution in [0.3, 0.4) is 0 Å². The van der Waals surface area contributed by atoms with E-state index in [0.29, 0.717) is 6.10 Å². The minimum atomic E-state index is 0.511. The molecule has 0 rings (SSSR count). The Hall–Kier alpha value is -0.0400. The lowest BCUT2D eigenvalue weighted by atomic mass is 10.1. The summed E-state index contributed by atoms with van der Waals surface area (Å²) in [5.74, 6) is 0.815. The summed E-state index contributed by atoms with van der Waals surface area (Å²) in [5.41, 5.74) is 0. The van der Waals surface area contributed by atoms with Gasteiger partial charge < -0.3 is 4.74 Å². The van der Waals surface area contributed by atoms with Gasteiger partial charge in [-0.2, -0.15) is 0 Å². The van der Waals surface area contributed by atoms with Gasteiger partial charge in [-0.25, -0.2) is 0 Å². The van der Waals surface area contributed by atoms with Crippen LogP contribution in [0.4, 0.5) is 0 Å². The van der Waals surface area contributed by atoms with E-state index in [2.05, 4.69) is 27.7 Å². The fourth-order valence-corrected chi connectivity index (χ4v) is 1.47. The Labute approximate surface area is 83.9 Å². The van der Waals surface area contributed by atoms with E-state index in [4.69, 9.17) is 4.74 Å². The summed E-state index contributed by atoms with van der Waals surface area (Å²) in [6.07, 6.45) is 6.65. The van der Waals surface area contributed by atoms with Crippen molar-refractivity contribution >= 4 is 0 Å². The van der Waals surface area contributed by atoms with Gasteiger partial charge in [0, 0.05) is 6.61 Å². The van der Waals surface area contributed by atoms with Crippen molar-refractivity contribution < 1.29 is 4.74 Å². The third-order valence-electron chi connectivity index (χ3n) is 2.35. The topological polar surface area (TPSA) is 9.23 Å². The normalized spacial score (nSPS) is 13.6. The lowest BCUT2D eigenvalue weighted by Gasteiger charge is -2.15. The van der Waals surface area contributed by atoms with Gasteiger partial charge >= 0.3 is 0 Å². The molecular weight excluding hydrogens is 160 g/mol. The summed E-state index contributed by atoms with van der Waals surface area (Å²) in [4.78, 5) is 0. The third-order valence-corrected chi connectivity index (χ3v) is 2.35. The smallest absolute Gasteiger partial charge is 0.0572 e. The Morgan fingerprint density at radius 3 is 2.23 bits per heavy atom. The molecular formula is C12H26O. The van der Waals surface area contributed by atoms with Gasteiger partial charge in [0.1, 0.15) is 0 Å². The Kier molecular flexibility index (Phi) is 8.53. The van der Waals surface area contributed by atoms with Crippen LogP contribution in [0.1, 0.15) is 59.8 Å². The second kappa shape index (κ2) is 8.55. The van der Waals surface area contributed by atoms with Crippen LogP contribution >= 0.6 is 0 Å². The van der Waals surface area contributed by atoms with Gasteiger partial charge in [-0.3, -0.25) is 0 Å². The predicted octanol–water partition coefficient (Wildman–Crippen LogP) is 4.02. The van der Waals surface area contributed by atoms with Crippen LogP contribution in [-0.2, 0) is 4.74 Å². The Morgan fingerprint density at radius 1 is 1.08 bits per heavy atom. The summed E-state index contributed by atoms with van der Waals surface area (Å²) in [5, 5.41) is 0. The number of rotatable bonds is 8. The zero-order valence-electron chi connectivity index (χ0n) is 9.81. The molecule has 1 heteroatoms. The van der Waals surface area contributed by atoms with E-state index < -0.39 is 0 Å². The van der Waals surface area contributed by atoms with Crippen LogP contribution in [0, 0.1) is 5.92 Å². The summed E-state index contributed by atoms with van der Waals surface area (Å²) in [6.45, 7) is 9.92. The minimum Gasteiger partial charge on any atom is -0.378 e. The molecule has 0 spiro atoms. The zero-order chi connectivity index (χ0) is 10.1. The lowest BCUT2D eigenvalue weighted by molar-refractivity contribution is 0.0409. The quantitative estimate of drug-likeness (QED) is 0.520. The standard InChI is InChI=1S/C12H26O/c1-5-8-12(6-2)13-10-7-9-11(3)4/h11-12H,5-10H2,1-4H3. The number of hydrogen-bond acceptors (Lipinski definition) is 1. The fraction of sp³-hybridized carbons (Fsp3) is 1.00. The minimum absolute atomic E-state index is 0.511. The van der Waals surface area contributed by atoms with Gasteiger partial charge in [-0.15, -0.1) is 0 Å². The van der Waals surface area contributed by atoms with Gasteiger partial charge in [0.05, 0.1) is 6.10 Å². The van der Waals surface area contributed by atoms with Crippen molar-refractivity contribution in [3.8, 4) is 0 Å². The molecule has 0 N–H and O–H groups in total. The molecule has 0 saturated carbocycles. The highest BCUT2D eigenvalue weighted by molar-refractivity contribution is 4.54. The van der Waals surface area contributed by atoms with E-state index in [1.807, 2.05) is 0 Å². The monoisotopic (exact) mass is 186 g/mol. The highest BCUT2D eigenvalue weighted by atomic mass is 16.5. The summed E-state index contributed by atoms with van der Waals surface area (Å²) < 4.78 is 5.78. The lowest BCUT2D eigenvalue weighted by Crippen LogP contribution is -2.12. The molecule has 0 radical (unpaired) electrons. The van der Waals surface area contributed by atoms with Crippen LogP contribution in [0.5, 0.6) is 0 Å². The Bertz CT molecular complexity index is 99.3. The van der Waals surface area contributed by atoms with Crippen LogP contribution < -0.4 is 0 Å². The second-order valence-corrected chi connectivity index (χ2v) is 4.23. The van der Waals surface area contributed by atoms with Gasteiger partial charge in [0.2, 0.25) is 0 Å². The molecule has 0 amide bonds. The SMILES string of the molecule is CCCC(CC)OCCCC(C)C. The van der Waals surface area contributed by atoms with Gasteiger partial charge in [0.25, 0.3) is 0 Å². The van der Waals surface area contributed by atoms with Crippen molar-refractivity contribution in [1.82, 2.24) is 0 Å². The predicted molar refractivity (Wildman–Crippen MR) is 59.0 cm³/mol. The Morgan fingerprint density at radius 2 is 1.77 bits per heavy atom. The molecule has 0 aromatic rings. The first-order chi connectivity index (χ1) is 6.20. The average Bonchev–Trinajstić information content (AvgIpc) is 2.10. The van der Waals surface area contributed by atoms with Crippen molar-refractivity contribution in [2.75, 3.05) is 6.61 Å². The van der Waals surface area contributed by atoms with Gasteiger partial charge in [0.15, 0.2) is 0 Å². The highest BCUT2D eigenvalue weighted by Gasteiger charge is 2.04. The zero-order valence-corrected chi connectivity index (χ0v) is 9.81. The molecule has 0 aliphatic heterocycles. The average molecular weight is 186 g/mol. The van der Waals surface area contributed by atoms with Gasteiger partial charge in [-0.05, 0) is 31.6 Å². The maximum atomic E-state index is 5.78. The van der Waals surface area contributed by atoms with Crippen LogP contribution in [0.15, 0.2) is 0 Å². The van der Waals surface area contributed by atoms with Crippen molar-refractivity contribution in [1.29, 1.82) is 0 Å². The van der Waals surface area contributed by atoms with E-state index in [1.165, 1.54) is 25.7 Å². The summed E-state index contributed by atoms with van der Waals surface area (Å²) in [6, 6.07) is 0. The van der Waals surface area contributed by atoms with E-state index in [9.17, 15) is 0 Å². The number of ether oxygens (including phenoxy) is 1. The molecule has 0 aromatic carbocycles. The van der Waals surface area contributed by atoms with E-state index in [0.717, 1.165) is 18.9 Å². The van der Waals surface area contributed by atoms with Crippen LogP contribution in [0.25, 0.3) is 0 Å². The van der Waals surface area contributed by atoms with Crippen molar-refractivity contribution in [2.45, 2.75) is 65.9 Å². The van der Waals surface area contributed by atoms with Gasteiger partial charge in [-0.1, -0.05) is 34.1 Å². The van der Waals surface area contributed by atoms with Crippen molar-refractivity contribution in [3.05, 3.63) is 0 Å². The van der Waals surface area contributed by atoms with E-state index >= 15 is 0 Å². The molecule has 0 heterocycles. The summed E-state index contributed by atoms with van der Waals surface area (Å²) >= 11 is 0.